The molecule has 2 rings (SSSR count). The first-order valence-electron chi connectivity index (χ1n) is 5.02. The standard InChI is InChI=1S/C10H16N2/c11-5-2-6-12-10-4-1-3-8-7-9(8)10/h8-10,12H,1-4,6-7H2. The molecule has 3 atom stereocenters. The van der Waals surface area contributed by atoms with E-state index in [9.17, 15) is 0 Å². The van der Waals surface area contributed by atoms with Crippen LogP contribution in [0.5, 0.6) is 0 Å². The minimum absolute atomic E-state index is 0.661. The minimum atomic E-state index is 0.661. The summed E-state index contributed by atoms with van der Waals surface area (Å²) in [6.07, 6.45) is 6.30. The van der Waals surface area contributed by atoms with Crippen molar-refractivity contribution in [3.05, 3.63) is 0 Å². The van der Waals surface area contributed by atoms with Gasteiger partial charge >= 0.3 is 0 Å². The van der Waals surface area contributed by atoms with Crippen molar-refractivity contribution in [3.8, 4) is 6.07 Å². The highest BCUT2D eigenvalue weighted by Gasteiger charge is 2.44. The maximum atomic E-state index is 8.38. The van der Waals surface area contributed by atoms with E-state index in [2.05, 4.69) is 11.4 Å². The van der Waals surface area contributed by atoms with E-state index in [1.807, 2.05) is 0 Å². The number of fused-ring (bicyclic) bond motifs is 1. The van der Waals surface area contributed by atoms with Crippen LogP contribution >= 0.6 is 0 Å². The molecular weight excluding hydrogens is 148 g/mol. The van der Waals surface area contributed by atoms with Crippen molar-refractivity contribution >= 4 is 0 Å². The van der Waals surface area contributed by atoms with Crippen LogP contribution < -0.4 is 5.32 Å². The molecule has 2 aliphatic rings. The molecule has 0 amide bonds. The van der Waals surface area contributed by atoms with Crippen molar-refractivity contribution in [3.63, 3.8) is 0 Å². The van der Waals surface area contributed by atoms with Gasteiger partial charge in [0.05, 0.1) is 6.07 Å². The summed E-state index contributed by atoms with van der Waals surface area (Å²) in [7, 11) is 0. The highest BCUT2D eigenvalue weighted by molar-refractivity contribution is 4.98. The maximum Gasteiger partial charge on any atom is 0.0635 e. The number of hydrogen-bond acceptors (Lipinski definition) is 2. The Labute approximate surface area is 74.0 Å². The molecule has 0 spiro atoms. The molecule has 0 radical (unpaired) electrons. The van der Waals surface area contributed by atoms with Crippen LogP contribution in [0.15, 0.2) is 0 Å². The fourth-order valence-electron chi connectivity index (χ4n) is 2.48. The van der Waals surface area contributed by atoms with Gasteiger partial charge in [0.1, 0.15) is 0 Å². The van der Waals surface area contributed by atoms with Gasteiger partial charge in [0.2, 0.25) is 0 Å². The lowest BCUT2D eigenvalue weighted by Crippen LogP contribution is -2.34. The van der Waals surface area contributed by atoms with Gasteiger partial charge in [-0.3, -0.25) is 0 Å². The summed E-state index contributed by atoms with van der Waals surface area (Å²) in [6, 6.07) is 2.92. The van der Waals surface area contributed by atoms with E-state index < -0.39 is 0 Å². The molecular formula is C10H16N2. The number of nitriles is 1. The minimum Gasteiger partial charge on any atom is -0.313 e. The summed E-state index contributed by atoms with van der Waals surface area (Å²) in [5, 5.41) is 11.9. The first kappa shape index (κ1) is 8.07. The van der Waals surface area contributed by atoms with Gasteiger partial charge in [-0.05, 0) is 24.7 Å². The predicted molar refractivity (Wildman–Crippen MR) is 47.5 cm³/mol. The quantitative estimate of drug-likeness (QED) is 0.644. The maximum absolute atomic E-state index is 8.38. The Morgan fingerprint density at radius 1 is 1.42 bits per heavy atom. The van der Waals surface area contributed by atoms with Crippen LogP contribution in [0.2, 0.25) is 0 Å². The highest BCUT2D eigenvalue weighted by atomic mass is 14.9. The molecule has 2 heteroatoms. The van der Waals surface area contributed by atoms with Gasteiger partial charge in [-0.1, -0.05) is 12.8 Å². The third kappa shape index (κ3) is 1.61. The van der Waals surface area contributed by atoms with Gasteiger partial charge in [0, 0.05) is 19.0 Å². The molecule has 1 N–H and O–H groups in total. The first-order valence-corrected chi connectivity index (χ1v) is 5.02. The Balaban J connectivity index is 1.70. The molecule has 0 saturated heterocycles. The van der Waals surface area contributed by atoms with Crippen molar-refractivity contribution < 1.29 is 0 Å². The molecule has 0 aromatic carbocycles. The molecule has 2 saturated carbocycles. The Morgan fingerprint density at radius 2 is 2.33 bits per heavy atom. The summed E-state index contributed by atoms with van der Waals surface area (Å²) < 4.78 is 0. The zero-order valence-corrected chi connectivity index (χ0v) is 7.42. The van der Waals surface area contributed by atoms with Crippen molar-refractivity contribution in [1.29, 1.82) is 5.26 Å². The largest absolute Gasteiger partial charge is 0.313 e. The van der Waals surface area contributed by atoms with Crippen LogP contribution in [0, 0.1) is 23.2 Å². The second-order valence-corrected chi connectivity index (χ2v) is 4.06. The molecule has 2 nitrogen and oxygen atoms in total. The van der Waals surface area contributed by atoms with Crippen LogP contribution in [-0.4, -0.2) is 12.6 Å². The highest BCUT2D eigenvalue weighted by Crippen LogP contribution is 2.49. The van der Waals surface area contributed by atoms with Crippen LogP contribution in [0.3, 0.4) is 0 Å². The third-order valence-electron chi connectivity index (χ3n) is 3.23. The molecule has 0 aliphatic heterocycles. The molecule has 0 aromatic rings. The molecule has 0 aromatic heterocycles. The van der Waals surface area contributed by atoms with Gasteiger partial charge in [-0.25, -0.2) is 0 Å². The van der Waals surface area contributed by atoms with E-state index in [1.54, 1.807) is 0 Å². The lowest BCUT2D eigenvalue weighted by atomic mass is 9.95. The van der Waals surface area contributed by atoms with Crippen LogP contribution in [0.25, 0.3) is 0 Å². The Morgan fingerprint density at radius 3 is 3.17 bits per heavy atom. The van der Waals surface area contributed by atoms with Crippen molar-refractivity contribution in [2.75, 3.05) is 6.54 Å². The lowest BCUT2D eigenvalue weighted by Gasteiger charge is -2.21. The van der Waals surface area contributed by atoms with Crippen LogP contribution in [0.1, 0.15) is 32.1 Å². The van der Waals surface area contributed by atoms with E-state index in [4.69, 9.17) is 5.26 Å². The molecule has 0 heterocycles. The average Bonchev–Trinajstić information content (AvgIpc) is 2.84. The third-order valence-corrected chi connectivity index (χ3v) is 3.23. The fourth-order valence-corrected chi connectivity index (χ4v) is 2.48. The summed E-state index contributed by atoms with van der Waals surface area (Å²) in [5.41, 5.74) is 0. The molecule has 66 valence electrons. The number of nitrogens with zero attached hydrogens (tertiary/aromatic N) is 1. The van der Waals surface area contributed by atoms with Crippen molar-refractivity contribution in [1.82, 2.24) is 5.32 Å². The van der Waals surface area contributed by atoms with E-state index >= 15 is 0 Å². The van der Waals surface area contributed by atoms with E-state index in [-0.39, 0.29) is 0 Å². The van der Waals surface area contributed by atoms with Crippen molar-refractivity contribution in [2.45, 2.75) is 38.1 Å². The average molecular weight is 164 g/mol. The SMILES string of the molecule is N#CCCNC1CCCC2CC21. The van der Waals surface area contributed by atoms with E-state index in [0.717, 1.165) is 24.4 Å². The van der Waals surface area contributed by atoms with Crippen LogP contribution in [0.4, 0.5) is 0 Å². The second kappa shape index (κ2) is 3.45. The zero-order chi connectivity index (χ0) is 8.39. The predicted octanol–water partition coefficient (Wildman–Crippen LogP) is 1.68. The molecule has 0 bridgehead atoms. The summed E-state index contributed by atoms with van der Waals surface area (Å²) in [4.78, 5) is 0. The topological polar surface area (TPSA) is 35.8 Å². The number of nitrogens with one attached hydrogen (secondary N) is 1. The number of rotatable bonds is 3. The smallest absolute Gasteiger partial charge is 0.0635 e. The van der Waals surface area contributed by atoms with Gasteiger partial charge in [0.25, 0.3) is 0 Å². The Hall–Kier alpha value is -0.550. The van der Waals surface area contributed by atoms with Gasteiger partial charge in [-0.2, -0.15) is 5.26 Å². The first-order chi connectivity index (χ1) is 5.92. The Kier molecular flexibility index (Phi) is 2.32. The van der Waals surface area contributed by atoms with E-state index in [0.29, 0.717) is 6.42 Å². The molecule has 2 aliphatic carbocycles. The van der Waals surface area contributed by atoms with Crippen LogP contribution in [-0.2, 0) is 0 Å². The monoisotopic (exact) mass is 164 g/mol. The second-order valence-electron chi connectivity index (χ2n) is 4.06. The fraction of sp³-hybridized carbons (Fsp3) is 0.900. The Bertz CT molecular complexity index is 195. The van der Waals surface area contributed by atoms with E-state index in [1.165, 1.54) is 25.7 Å². The number of hydrogen-bond donors (Lipinski definition) is 1. The molecule has 12 heavy (non-hydrogen) atoms. The summed E-state index contributed by atoms with van der Waals surface area (Å²) in [5.74, 6) is 2.01. The lowest BCUT2D eigenvalue weighted by molar-refractivity contribution is 0.357. The normalized spacial score (nSPS) is 38.4. The molecule has 2 fully saturated rings. The van der Waals surface area contributed by atoms with Gasteiger partial charge in [0.15, 0.2) is 0 Å². The van der Waals surface area contributed by atoms with Gasteiger partial charge in [-0.15, -0.1) is 0 Å². The van der Waals surface area contributed by atoms with Crippen molar-refractivity contribution in [2.24, 2.45) is 11.8 Å². The van der Waals surface area contributed by atoms with Gasteiger partial charge < -0.3 is 5.32 Å². The molecule has 3 unspecified atom stereocenters. The summed E-state index contributed by atoms with van der Waals surface area (Å²) in [6.45, 7) is 0.893. The zero-order valence-electron chi connectivity index (χ0n) is 7.42. The summed E-state index contributed by atoms with van der Waals surface area (Å²) >= 11 is 0.